The minimum atomic E-state index is 0.610. The smallest absolute Gasteiger partial charge is 0.138 e. The van der Waals surface area contributed by atoms with Crippen molar-refractivity contribution in [1.82, 2.24) is 19.9 Å². The molecular formula is C19H16N4. The van der Waals surface area contributed by atoms with Gasteiger partial charge < -0.3 is 4.98 Å². The maximum absolute atomic E-state index is 4.74. The number of H-pyrrole nitrogens is 1. The largest absolute Gasteiger partial charge is 0.342 e. The van der Waals surface area contributed by atoms with E-state index in [1.54, 1.807) is 0 Å². The van der Waals surface area contributed by atoms with E-state index < -0.39 is 0 Å². The summed E-state index contributed by atoms with van der Waals surface area (Å²) in [7, 11) is 0. The van der Waals surface area contributed by atoms with Gasteiger partial charge in [-0.2, -0.15) is 0 Å². The molecule has 23 heavy (non-hydrogen) atoms. The minimum Gasteiger partial charge on any atom is -0.342 e. The predicted octanol–water partition coefficient (Wildman–Crippen LogP) is 4.36. The summed E-state index contributed by atoms with van der Waals surface area (Å²) in [5, 5.41) is 3.48. The number of aryl methyl sites for hydroxylation is 1. The van der Waals surface area contributed by atoms with Crippen LogP contribution < -0.4 is 0 Å². The highest BCUT2D eigenvalue weighted by atomic mass is 14.9. The van der Waals surface area contributed by atoms with Crippen LogP contribution in [0.25, 0.3) is 33.1 Å². The summed E-state index contributed by atoms with van der Waals surface area (Å²) in [6, 6.07) is 8.24. The third kappa shape index (κ3) is 1.88. The van der Waals surface area contributed by atoms with E-state index in [0.717, 1.165) is 33.2 Å². The van der Waals surface area contributed by atoms with Gasteiger partial charge in [0.1, 0.15) is 5.65 Å². The topological polar surface area (TPSA) is 54.5 Å². The van der Waals surface area contributed by atoms with E-state index in [4.69, 9.17) is 4.98 Å². The van der Waals surface area contributed by atoms with E-state index in [1.807, 2.05) is 37.6 Å². The van der Waals surface area contributed by atoms with E-state index in [9.17, 15) is 0 Å². The van der Waals surface area contributed by atoms with Gasteiger partial charge in [0.15, 0.2) is 0 Å². The molecule has 4 heteroatoms. The van der Waals surface area contributed by atoms with Gasteiger partial charge in [0, 0.05) is 51.7 Å². The van der Waals surface area contributed by atoms with Crippen molar-refractivity contribution in [2.75, 3.05) is 0 Å². The lowest BCUT2D eigenvalue weighted by Crippen LogP contribution is -1.92. The molecule has 0 saturated heterocycles. The van der Waals surface area contributed by atoms with Gasteiger partial charge in [-0.25, -0.2) is 4.98 Å². The Morgan fingerprint density at radius 3 is 2.61 bits per heavy atom. The monoisotopic (exact) mass is 300 g/mol. The summed E-state index contributed by atoms with van der Waals surface area (Å²) in [6.07, 6.45) is 8.07. The lowest BCUT2D eigenvalue weighted by Gasteiger charge is -2.08. The molecule has 4 aromatic rings. The average Bonchev–Trinajstić information content (AvgIpc) is 3.35. The number of hydrogen-bond acceptors (Lipinski definition) is 3. The van der Waals surface area contributed by atoms with Gasteiger partial charge in [-0.15, -0.1) is 0 Å². The Labute approximate surface area is 133 Å². The molecule has 4 heterocycles. The second-order valence-electron chi connectivity index (χ2n) is 6.24. The molecule has 112 valence electrons. The van der Waals surface area contributed by atoms with E-state index >= 15 is 0 Å². The normalized spacial score (nSPS) is 14.7. The SMILES string of the molecule is Cc1nccc2c(-c3c(C4CC4)[nH]c4ncccc34)nccc12. The van der Waals surface area contributed by atoms with Gasteiger partial charge in [-0.1, -0.05) is 0 Å². The van der Waals surface area contributed by atoms with Gasteiger partial charge in [-0.3, -0.25) is 9.97 Å². The number of aromatic nitrogens is 4. The zero-order valence-electron chi connectivity index (χ0n) is 12.9. The molecule has 1 fully saturated rings. The molecule has 0 atom stereocenters. The number of nitrogens with one attached hydrogen (secondary N) is 1. The molecule has 5 rings (SSSR count). The molecular weight excluding hydrogens is 284 g/mol. The first-order valence-electron chi connectivity index (χ1n) is 8.00. The van der Waals surface area contributed by atoms with Crippen LogP contribution in [0.3, 0.4) is 0 Å². The Balaban J connectivity index is 1.91. The van der Waals surface area contributed by atoms with Crippen molar-refractivity contribution in [3.05, 3.63) is 54.2 Å². The molecule has 1 N–H and O–H groups in total. The van der Waals surface area contributed by atoms with Crippen LogP contribution in [0.2, 0.25) is 0 Å². The van der Waals surface area contributed by atoms with Crippen LogP contribution in [0, 0.1) is 6.92 Å². The van der Waals surface area contributed by atoms with Crippen molar-refractivity contribution in [2.45, 2.75) is 25.7 Å². The van der Waals surface area contributed by atoms with Crippen LogP contribution in [0.4, 0.5) is 0 Å². The molecule has 1 aliphatic carbocycles. The Morgan fingerprint density at radius 1 is 0.913 bits per heavy atom. The summed E-state index contributed by atoms with van der Waals surface area (Å²) in [6.45, 7) is 2.05. The number of hydrogen-bond donors (Lipinski definition) is 1. The van der Waals surface area contributed by atoms with Crippen molar-refractivity contribution < 1.29 is 0 Å². The molecule has 0 aliphatic heterocycles. The number of pyridine rings is 3. The number of aromatic amines is 1. The number of nitrogens with zero attached hydrogens (tertiary/aromatic N) is 3. The quantitative estimate of drug-likeness (QED) is 0.598. The van der Waals surface area contributed by atoms with Crippen molar-refractivity contribution in [3.8, 4) is 11.3 Å². The fourth-order valence-electron chi connectivity index (χ4n) is 3.42. The highest BCUT2D eigenvalue weighted by Gasteiger charge is 2.30. The summed E-state index contributed by atoms with van der Waals surface area (Å²) in [5.41, 5.74) is 5.53. The van der Waals surface area contributed by atoms with Gasteiger partial charge in [-0.05, 0) is 49.9 Å². The lowest BCUT2D eigenvalue weighted by atomic mass is 10.0. The highest BCUT2D eigenvalue weighted by Crippen LogP contribution is 2.47. The van der Waals surface area contributed by atoms with Gasteiger partial charge in [0.25, 0.3) is 0 Å². The average molecular weight is 300 g/mol. The Bertz CT molecular complexity index is 1040. The fraction of sp³-hybridized carbons (Fsp3) is 0.211. The summed E-state index contributed by atoms with van der Waals surface area (Å²) >= 11 is 0. The first-order valence-corrected chi connectivity index (χ1v) is 8.00. The van der Waals surface area contributed by atoms with Crippen LogP contribution in [-0.4, -0.2) is 19.9 Å². The van der Waals surface area contributed by atoms with Crippen molar-refractivity contribution >= 4 is 21.8 Å². The highest BCUT2D eigenvalue weighted by molar-refractivity contribution is 6.04. The molecule has 4 aromatic heterocycles. The van der Waals surface area contributed by atoms with Gasteiger partial charge in [0.2, 0.25) is 0 Å². The van der Waals surface area contributed by atoms with E-state index in [-0.39, 0.29) is 0 Å². The van der Waals surface area contributed by atoms with Gasteiger partial charge >= 0.3 is 0 Å². The Kier molecular flexibility index (Phi) is 2.56. The standard InChI is InChI=1S/C19H16N4/c1-11-13-6-10-21-18(14(13)7-9-20-11)16-15-3-2-8-22-19(15)23-17(16)12-4-5-12/h2-3,6-10,12H,4-5H2,1H3,(H,22,23). The minimum absolute atomic E-state index is 0.610. The zero-order chi connectivity index (χ0) is 15.4. The molecule has 0 bridgehead atoms. The predicted molar refractivity (Wildman–Crippen MR) is 91.3 cm³/mol. The van der Waals surface area contributed by atoms with Crippen molar-refractivity contribution in [2.24, 2.45) is 0 Å². The lowest BCUT2D eigenvalue weighted by molar-refractivity contribution is 1.05. The van der Waals surface area contributed by atoms with Crippen molar-refractivity contribution in [1.29, 1.82) is 0 Å². The molecule has 0 amide bonds. The number of rotatable bonds is 2. The number of fused-ring (bicyclic) bond motifs is 2. The van der Waals surface area contributed by atoms with Crippen LogP contribution in [0.5, 0.6) is 0 Å². The van der Waals surface area contributed by atoms with Gasteiger partial charge in [0.05, 0.1) is 5.69 Å². The third-order valence-corrected chi connectivity index (χ3v) is 4.71. The molecule has 1 aliphatic rings. The second-order valence-corrected chi connectivity index (χ2v) is 6.24. The van der Waals surface area contributed by atoms with Crippen LogP contribution in [0.1, 0.15) is 30.1 Å². The molecule has 0 unspecified atom stereocenters. The zero-order valence-corrected chi connectivity index (χ0v) is 12.9. The molecule has 0 spiro atoms. The summed E-state index contributed by atoms with van der Waals surface area (Å²) in [5.74, 6) is 0.610. The van der Waals surface area contributed by atoms with Crippen LogP contribution >= 0.6 is 0 Å². The Hall–Kier alpha value is -2.75. The van der Waals surface area contributed by atoms with Crippen LogP contribution in [0.15, 0.2) is 42.9 Å². The second kappa shape index (κ2) is 4.62. The van der Waals surface area contributed by atoms with E-state index in [2.05, 4.69) is 27.1 Å². The van der Waals surface area contributed by atoms with Crippen molar-refractivity contribution in [3.63, 3.8) is 0 Å². The first-order chi connectivity index (χ1) is 11.3. The molecule has 0 aromatic carbocycles. The maximum Gasteiger partial charge on any atom is 0.138 e. The molecule has 4 nitrogen and oxygen atoms in total. The molecule has 0 radical (unpaired) electrons. The van der Waals surface area contributed by atoms with E-state index in [1.165, 1.54) is 24.1 Å². The maximum atomic E-state index is 4.74. The third-order valence-electron chi connectivity index (χ3n) is 4.71. The first kappa shape index (κ1) is 12.8. The summed E-state index contributed by atoms with van der Waals surface area (Å²) < 4.78 is 0. The summed E-state index contributed by atoms with van der Waals surface area (Å²) in [4.78, 5) is 17.2. The fourth-order valence-corrected chi connectivity index (χ4v) is 3.42. The van der Waals surface area contributed by atoms with Crippen LogP contribution in [-0.2, 0) is 0 Å². The Morgan fingerprint density at radius 2 is 1.74 bits per heavy atom. The van der Waals surface area contributed by atoms with E-state index in [0.29, 0.717) is 5.92 Å². The molecule has 1 saturated carbocycles.